The molecule has 0 saturated heterocycles. The topological polar surface area (TPSA) is 125 Å². The van der Waals surface area contributed by atoms with Crippen molar-refractivity contribution in [1.29, 1.82) is 0 Å². The number of nitrogens with zero attached hydrogens (tertiary/aromatic N) is 1. The van der Waals surface area contributed by atoms with Gasteiger partial charge in [-0.25, -0.2) is 0 Å². The molecule has 1 unspecified atom stereocenters. The highest BCUT2D eigenvalue weighted by molar-refractivity contribution is 6.38. The highest BCUT2D eigenvalue weighted by atomic mass is 16.2. The molecule has 0 aliphatic carbocycles. The predicted octanol–water partition coefficient (Wildman–Crippen LogP) is 3.62. The number of hydrogen-bond acceptors (Lipinski definition) is 5. The third-order valence-electron chi connectivity index (χ3n) is 5.27. The largest absolute Gasteiger partial charge is 0.345 e. The van der Waals surface area contributed by atoms with Crippen LogP contribution in [0.3, 0.4) is 0 Å². The van der Waals surface area contributed by atoms with Crippen LogP contribution in [0.1, 0.15) is 76.4 Å². The zero-order valence-corrected chi connectivity index (χ0v) is 24.7. The molecule has 9 heteroatoms. The molecule has 1 aliphatic heterocycles. The van der Waals surface area contributed by atoms with Gasteiger partial charge in [0, 0.05) is 18.7 Å². The van der Waals surface area contributed by atoms with Crippen LogP contribution in [0.25, 0.3) is 0 Å². The Bertz CT molecular complexity index is 1130. The van der Waals surface area contributed by atoms with Gasteiger partial charge in [0.15, 0.2) is 0 Å². The molecule has 0 saturated carbocycles. The monoisotopic (exact) mass is 552 g/mol. The number of fused-ring (bicyclic) bond motifs is 1. The summed E-state index contributed by atoms with van der Waals surface area (Å²) in [7, 11) is 0. The van der Waals surface area contributed by atoms with Crippen molar-refractivity contribution in [3.8, 4) is 0 Å². The highest BCUT2D eigenvalue weighted by Crippen LogP contribution is 2.21. The predicted molar refractivity (Wildman–Crippen MR) is 156 cm³/mol. The van der Waals surface area contributed by atoms with Gasteiger partial charge in [0.05, 0.1) is 6.04 Å². The van der Waals surface area contributed by atoms with Gasteiger partial charge in [-0.3, -0.25) is 24.0 Å². The summed E-state index contributed by atoms with van der Waals surface area (Å²) >= 11 is 0. The van der Waals surface area contributed by atoms with E-state index >= 15 is 0 Å². The van der Waals surface area contributed by atoms with Gasteiger partial charge < -0.3 is 20.9 Å². The average molecular weight is 553 g/mol. The van der Waals surface area contributed by atoms with Crippen LogP contribution in [0.5, 0.6) is 0 Å². The van der Waals surface area contributed by atoms with Gasteiger partial charge in [-0.05, 0) is 37.0 Å². The van der Waals surface area contributed by atoms with Gasteiger partial charge in [0.1, 0.15) is 12.6 Å². The molecule has 0 bridgehead atoms. The molecule has 4 amide bonds. The molecule has 3 N–H and O–H groups in total. The first-order valence-corrected chi connectivity index (χ1v) is 13.7. The molecule has 1 aliphatic rings. The first-order chi connectivity index (χ1) is 18.9. The second-order valence-electron chi connectivity index (χ2n) is 10.3. The molecule has 3 rings (SSSR count). The van der Waals surface area contributed by atoms with E-state index in [1.807, 2.05) is 42.5 Å². The van der Waals surface area contributed by atoms with Crippen LogP contribution in [-0.4, -0.2) is 52.9 Å². The lowest BCUT2D eigenvalue weighted by Gasteiger charge is -2.20. The number of benzene rings is 2. The number of ketones is 1. The summed E-state index contributed by atoms with van der Waals surface area (Å²) in [6.07, 6.45) is 1.25. The molecule has 2 atom stereocenters. The number of carbonyl (C=O) groups excluding carboxylic acids is 5. The molecule has 0 fully saturated rings. The molecule has 40 heavy (non-hydrogen) atoms. The second kappa shape index (κ2) is 17.6. The summed E-state index contributed by atoms with van der Waals surface area (Å²) in [6.45, 7) is 13.9. The average Bonchev–Trinajstić information content (AvgIpc) is 3.22. The van der Waals surface area contributed by atoms with Crippen molar-refractivity contribution in [2.75, 3.05) is 6.54 Å². The summed E-state index contributed by atoms with van der Waals surface area (Å²) < 4.78 is 0. The van der Waals surface area contributed by atoms with E-state index in [4.69, 9.17) is 0 Å². The van der Waals surface area contributed by atoms with Crippen molar-refractivity contribution in [2.45, 2.75) is 80.1 Å². The Kier molecular flexibility index (Phi) is 14.9. The van der Waals surface area contributed by atoms with Gasteiger partial charge in [0.25, 0.3) is 11.8 Å². The molecular formula is C31H44N4O5. The normalized spacial score (nSPS) is 13.0. The summed E-state index contributed by atoms with van der Waals surface area (Å²) in [5.41, 5.74) is 2.25. The molecular weight excluding hydrogens is 508 g/mol. The van der Waals surface area contributed by atoms with Crippen molar-refractivity contribution in [2.24, 2.45) is 5.92 Å². The fourth-order valence-corrected chi connectivity index (χ4v) is 3.43. The number of rotatable bonds is 9. The smallest absolute Gasteiger partial charge is 0.289 e. The Balaban J connectivity index is 0.00000103. The minimum atomic E-state index is -1.07. The quantitative estimate of drug-likeness (QED) is 0.410. The van der Waals surface area contributed by atoms with Gasteiger partial charge >= 0.3 is 0 Å². The molecule has 218 valence electrons. The van der Waals surface area contributed by atoms with Crippen LogP contribution in [0.15, 0.2) is 54.6 Å². The SMILES string of the molecule is CC(C)C.CC(NC(=O)[C@H](C)NC(=O)CN1Cc2ccccc2C1=O)C(=O)C(=O)NCc1ccccc1.CCC. The Labute approximate surface area is 238 Å². The summed E-state index contributed by atoms with van der Waals surface area (Å²) in [4.78, 5) is 62.8. The molecule has 0 radical (unpaired) electrons. The zero-order valence-electron chi connectivity index (χ0n) is 24.7. The lowest BCUT2D eigenvalue weighted by molar-refractivity contribution is -0.140. The Hall–Kier alpha value is -4.01. The van der Waals surface area contributed by atoms with Crippen LogP contribution in [0.2, 0.25) is 0 Å². The number of hydrogen-bond donors (Lipinski definition) is 3. The number of amides is 4. The molecule has 0 aromatic heterocycles. The van der Waals surface area contributed by atoms with Crippen molar-refractivity contribution in [3.63, 3.8) is 0 Å². The third-order valence-corrected chi connectivity index (χ3v) is 5.27. The first-order valence-electron chi connectivity index (χ1n) is 13.7. The number of carbonyl (C=O) groups is 5. The summed E-state index contributed by atoms with van der Waals surface area (Å²) in [5, 5.41) is 7.47. The summed E-state index contributed by atoms with van der Waals surface area (Å²) in [5.74, 6) is -2.12. The Morgan fingerprint density at radius 3 is 1.95 bits per heavy atom. The Morgan fingerprint density at radius 1 is 0.825 bits per heavy atom. The van der Waals surface area contributed by atoms with Gasteiger partial charge in [0.2, 0.25) is 17.6 Å². The van der Waals surface area contributed by atoms with Crippen molar-refractivity contribution < 1.29 is 24.0 Å². The zero-order chi connectivity index (χ0) is 30.2. The van der Waals surface area contributed by atoms with E-state index < -0.39 is 35.6 Å². The lowest BCUT2D eigenvalue weighted by Crippen LogP contribution is -2.52. The standard InChI is InChI=1S/C24H26N4O5.C4H10.C3H8/c1-15(21(30)23(32)25-12-17-8-4-3-5-9-17)27-22(31)16(2)26-20(29)14-28-13-18-10-6-7-11-19(18)24(28)33;1-4(2)3;1-3-2/h3-11,15-16H,12-14H2,1-2H3,(H,25,32)(H,26,29)(H,27,31);4H,1-3H3;3H2,1-2H3/t15?,16-;;/m0../s1. The number of Topliss-reactive ketones (excluding diaryl/α,β-unsaturated/α-hetero) is 1. The van der Waals surface area contributed by atoms with E-state index in [9.17, 15) is 24.0 Å². The van der Waals surface area contributed by atoms with Crippen molar-refractivity contribution in [1.82, 2.24) is 20.9 Å². The van der Waals surface area contributed by atoms with E-state index in [0.717, 1.165) is 17.0 Å². The molecule has 1 heterocycles. The highest BCUT2D eigenvalue weighted by Gasteiger charge is 2.29. The van der Waals surface area contributed by atoms with Crippen LogP contribution in [0, 0.1) is 5.92 Å². The van der Waals surface area contributed by atoms with Crippen LogP contribution < -0.4 is 16.0 Å². The maximum absolute atomic E-state index is 12.4. The number of nitrogens with one attached hydrogen (secondary N) is 3. The molecule has 2 aromatic carbocycles. The fraction of sp³-hybridized carbons (Fsp3) is 0.452. The van der Waals surface area contributed by atoms with Gasteiger partial charge in [-0.1, -0.05) is 89.6 Å². The fourth-order valence-electron chi connectivity index (χ4n) is 3.43. The van der Waals surface area contributed by atoms with Crippen LogP contribution in [-0.2, 0) is 32.3 Å². The van der Waals surface area contributed by atoms with Crippen molar-refractivity contribution >= 4 is 29.4 Å². The second-order valence-corrected chi connectivity index (χ2v) is 10.3. The van der Waals surface area contributed by atoms with E-state index in [0.29, 0.717) is 12.1 Å². The maximum atomic E-state index is 12.4. The minimum Gasteiger partial charge on any atom is -0.345 e. The molecule has 2 aromatic rings. The van der Waals surface area contributed by atoms with Gasteiger partial charge in [-0.2, -0.15) is 0 Å². The summed E-state index contributed by atoms with van der Waals surface area (Å²) in [6, 6.07) is 14.2. The lowest BCUT2D eigenvalue weighted by atomic mass is 10.1. The van der Waals surface area contributed by atoms with E-state index in [2.05, 4.69) is 50.6 Å². The Morgan fingerprint density at radius 2 is 1.38 bits per heavy atom. The van der Waals surface area contributed by atoms with Crippen molar-refractivity contribution in [3.05, 3.63) is 71.3 Å². The van der Waals surface area contributed by atoms with E-state index in [1.165, 1.54) is 25.2 Å². The molecule has 0 spiro atoms. The minimum absolute atomic E-state index is 0.192. The maximum Gasteiger partial charge on any atom is 0.289 e. The van der Waals surface area contributed by atoms with Crippen LogP contribution in [0.4, 0.5) is 0 Å². The van der Waals surface area contributed by atoms with Crippen LogP contribution >= 0.6 is 0 Å². The third kappa shape index (κ3) is 11.8. The first kappa shape index (κ1) is 34.0. The van der Waals surface area contributed by atoms with E-state index in [-0.39, 0.29) is 19.0 Å². The van der Waals surface area contributed by atoms with Gasteiger partial charge in [-0.15, -0.1) is 0 Å². The molecule has 9 nitrogen and oxygen atoms in total. The van der Waals surface area contributed by atoms with E-state index in [1.54, 1.807) is 12.1 Å².